The number of fused-ring (bicyclic) bond motifs is 1. The third kappa shape index (κ3) is 3.45. The maximum Gasteiger partial charge on any atom is 0.253 e. The van der Waals surface area contributed by atoms with Gasteiger partial charge < -0.3 is 19.4 Å². The van der Waals surface area contributed by atoms with Crippen molar-refractivity contribution in [2.45, 2.75) is 6.92 Å². The number of hydrogen-bond donors (Lipinski definition) is 1. The summed E-state index contributed by atoms with van der Waals surface area (Å²) in [5.74, 6) is 1.45. The predicted molar refractivity (Wildman–Crippen MR) is 98.5 cm³/mol. The molecule has 0 saturated carbocycles. The maximum absolute atomic E-state index is 12.6. The normalized spacial score (nSPS) is 10.7. The predicted octanol–water partition coefficient (Wildman–Crippen LogP) is 3.30. The molecule has 1 heterocycles. The molecular weight excluding hydrogens is 316 g/mol. The molecule has 5 heteroatoms. The molecule has 5 nitrogen and oxygen atoms in total. The Morgan fingerprint density at radius 3 is 2.48 bits per heavy atom. The van der Waals surface area contributed by atoms with Crippen LogP contribution in [0.2, 0.25) is 0 Å². The van der Waals surface area contributed by atoms with E-state index in [1.165, 1.54) is 0 Å². The van der Waals surface area contributed by atoms with Gasteiger partial charge in [0.05, 0.1) is 19.2 Å². The standard InChI is InChI=1S/C20H22N2O3/c1-14-19(17-6-4-5-7-18(17)22(14)2)20(23)21-12-13-25-16-10-8-15(24-3)9-11-16/h4-11H,12-13H2,1-3H3,(H,21,23). The van der Waals surface area contributed by atoms with Gasteiger partial charge in [0.2, 0.25) is 0 Å². The van der Waals surface area contributed by atoms with Crippen LogP contribution >= 0.6 is 0 Å². The molecule has 0 radical (unpaired) electrons. The summed E-state index contributed by atoms with van der Waals surface area (Å²) in [6, 6.07) is 15.3. The molecule has 3 rings (SSSR count). The fraction of sp³-hybridized carbons (Fsp3) is 0.250. The highest BCUT2D eigenvalue weighted by atomic mass is 16.5. The number of benzene rings is 2. The lowest BCUT2D eigenvalue weighted by Crippen LogP contribution is -2.28. The summed E-state index contributed by atoms with van der Waals surface area (Å²) in [4.78, 5) is 12.6. The number of carbonyl (C=O) groups is 1. The zero-order valence-electron chi connectivity index (χ0n) is 14.7. The number of carbonyl (C=O) groups excluding carboxylic acids is 1. The summed E-state index contributed by atoms with van der Waals surface area (Å²) >= 11 is 0. The van der Waals surface area contributed by atoms with E-state index in [-0.39, 0.29) is 5.91 Å². The number of aromatic nitrogens is 1. The molecular formula is C20H22N2O3. The van der Waals surface area contributed by atoms with E-state index in [4.69, 9.17) is 9.47 Å². The molecule has 0 aliphatic carbocycles. The van der Waals surface area contributed by atoms with E-state index in [1.807, 2.05) is 67.1 Å². The maximum atomic E-state index is 12.6. The van der Waals surface area contributed by atoms with Crippen LogP contribution < -0.4 is 14.8 Å². The number of aryl methyl sites for hydroxylation is 1. The number of nitrogens with zero attached hydrogens (tertiary/aromatic N) is 1. The van der Waals surface area contributed by atoms with Crippen molar-refractivity contribution < 1.29 is 14.3 Å². The number of para-hydroxylation sites is 1. The molecule has 2 aromatic carbocycles. The summed E-state index contributed by atoms with van der Waals surface area (Å²) in [5, 5.41) is 3.90. The second-order valence-electron chi connectivity index (χ2n) is 5.82. The molecule has 0 unspecified atom stereocenters. The molecule has 0 atom stereocenters. The number of rotatable bonds is 6. The van der Waals surface area contributed by atoms with E-state index in [0.29, 0.717) is 13.2 Å². The summed E-state index contributed by atoms with van der Waals surface area (Å²) in [6.07, 6.45) is 0. The van der Waals surface area contributed by atoms with Crippen molar-refractivity contribution in [2.24, 2.45) is 7.05 Å². The molecule has 130 valence electrons. The fourth-order valence-electron chi connectivity index (χ4n) is 2.90. The van der Waals surface area contributed by atoms with Crippen LogP contribution in [0.4, 0.5) is 0 Å². The number of amides is 1. The van der Waals surface area contributed by atoms with Gasteiger partial charge in [0, 0.05) is 23.6 Å². The minimum atomic E-state index is -0.0763. The molecule has 3 aromatic rings. The average Bonchev–Trinajstić information content (AvgIpc) is 2.90. The number of hydrogen-bond acceptors (Lipinski definition) is 3. The van der Waals surface area contributed by atoms with Crippen LogP contribution in [0.25, 0.3) is 10.9 Å². The van der Waals surface area contributed by atoms with Gasteiger partial charge in [0.25, 0.3) is 5.91 Å². The molecule has 1 amide bonds. The molecule has 0 spiro atoms. The van der Waals surface area contributed by atoms with E-state index >= 15 is 0 Å². The van der Waals surface area contributed by atoms with E-state index in [0.717, 1.165) is 33.7 Å². The fourth-order valence-corrected chi connectivity index (χ4v) is 2.90. The molecule has 0 aliphatic heterocycles. The summed E-state index contributed by atoms with van der Waals surface area (Å²) in [5.41, 5.74) is 2.73. The Labute approximate surface area is 147 Å². The van der Waals surface area contributed by atoms with Gasteiger partial charge in [-0.05, 0) is 37.3 Å². The topological polar surface area (TPSA) is 52.5 Å². The van der Waals surface area contributed by atoms with Gasteiger partial charge in [-0.1, -0.05) is 18.2 Å². The first-order valence-corrected chi connectivity index (χ1v) is 8.21. The Morgan fingerprint density at radius 2 is 1.76 bits per heavy atom. The molecule has 25 heavy (non-hydrogen) atoms. The molecule has 0 saturated heterocycles. The first kappa shape index (κ1) is 16.9. The van der Waals surface area contributed by atoms with Crippen molar-refractivity contribution in [1.82, 2.24) is 9.88 Å². The molecule has 0 bridgehead atoms. The van der Waals surface area contributed by atoms with Crippen LogP contribution in [0.5, 0.6) is 11.5 Å². The van der Waals surface area contributed by atoms with Crippen LogP contribution in [0.1, 0.15) is 16.1 Å². The van der Waals surface area contributed by atoms with E-state index < -0.39 is 0 Å². The van der Waals surface area contributed by atoms with Gasteiger partial charge in [-0.25, -0.2) is 0 Å². The molecule has 0 aliphatic rings. The smallest absolute Gasteiger partial charge is 0.253 e. The minimum absolute atomic E-state index is 0.0763. The summed E-state index contributed by atoms with van der Waals surface area (Å²) < 4.78 is 12.8. The number of nitrogens with one attached hydrogen (secondary N) is 1. The van der Waals surface area contributed by atoms with E-state index in [1.54, 1.807) is 7.11 Å². The van der Waals surface area contributed by atoms with Crippen molar-refractivity contribution in [3.05, 3.63) is 59.8 Å². The average molecular weight is 338 g/mol. The van der Waals surface area contributed by atoms with Crippen molar-refractivity contribution >= 4 is 16.8 Å². The Morgan fingerprint density at radius 1 is 1.08 bits per heavy atom. The van der Waals surface area contributed by atoms with Crippen LogP contribution in [-0.2, 0) is 7.05 Å². The lowest BCUT2D eigenvalue weighted by atomic mass is 10.1. The molecule has 1 aromatic heterocycles. The van der Waals surface area contributed by atoms with Gasteiger partial charge >= 0.3 is 0 Å². The van der Waals surface area contributed by atoms with Gasteiger partial charge in [-0.15, -0.1) is 0 Å². The minimum Gasteiger partial charge on any atom is -0.497 e. The lowest BCUT2D eigenvalue weighted by Gasteiger charge is -2.09. The monoisotopic (exact) mass is 338 g/mol. The Kier molecular flexibility index (Phi) is 4.93. The molecule has 0 fully saturated rings. The van der Waals surface area contributed by atoms with E-state index in [9.17, 15) is 4.79 Å². The number of ether oxygens (including phenoxy) is 2. The van der Waals surface area contributed by atoms with Gasteiger partial charge in [0.1, 0.15) is 18.1 Å². The van der Waals surface area contributed by atoms with Crippen molar-refractivity contribution in [1.29, 1.82) is 0 Å². The highest BCUT2D eigenvalue weighted by molar-refractivity contribution is 6.08. The second-order valence-corrected chi connectivity index (χ2v) is 5.82. The first-order valence-electron chi connectivity index (χ1n) is 8.21. The molecule has 1 N–H and O–H groups in total. The second kappa shape index (κ2) is 7.30. The van der Waals surface area contributed by atoms with E-state index in [2.05, 4.69) is 5.32 Å². The third-order valence-corrected chi connectivity index (χ3v) is 4.34. The summed E-state index contributed by atoms with van der Waals surface area (Å²) in [7, 11) is 3.60. The van der Waals surface area contributed by atoms with Crippen molar-refractivity contribution in [3.63, 3.8) is 0 Å². The zero-order valence-corrected chi connectivity index (χ0v) is 14.7. The van der Waals surface area contributed by atoms with Crippen LogP contribution in [0, 0.1) is 6.92 Å². The van der Waals surface area contributed by atoms with Crippen LogP contribution in [0.15, 0.2) is 48.5 Å². The van der Waals surface area contributed by atoms with Gasteiger partial charge in [0.15, 0.2) is 0 Å². The van der Waals surface area contributed by atoms with Gasteiger partial charge in [-0.2, -0.15) is 0 Å². The van der Waals surface area contributed by atoms with Crippen LogP contribution in [-0.4, -0.2) is 30.7 Å². The largest absolute Gasteiger partial charge is 0.497 e. The first-order chi connectivity index (χ1) is 12.1. The van der Waals surface area contributed by atoms with Crippen molar-refractivity contribution in [2.75, 3.05) is 20.3 Å². The SMILES string of the molecule is COc1ccc(OCCNC(=O)c2c(C)n(C)c3ccccc23)cc1. The third-order valence-electron chi connectivity index (χ3n) is 4.34. The lowest BCUT2D eigenvalue weighted by molar-refractivity contribution is 0.0948. The Bertz CT molecular complexity index is 882. The van der Waals surface area contributed by atoms with Crippen LogP contribution in [0.3, 0.4) is 0 Å². The zero-order chi connectivity index (χ0) is 17.8. The Hall–Kier alpha value is -2.95. The quantitative estimate of drug-likeness (QED) is 0.702. The van der Waals surface area contributed by atoms with Crippen molar-refractivity contribution in [3.8, 4) is 11.5 Å². The number of methoxy groups -OCH3 is 1. The highest BCUT2D eigenvalue weighted by Gasteiger charge is 2.17. The summed E-state index contributed by atoms with van der Waals surface area (Å²) in [6.45, 7) is 2.80. The van der Waals surface area contributed by atoms with Gasteiger partial charge in [-0.3, -0.25) is 4.79 Å². The highest BCUT2D eigenvalue weighted by Crippen LogP contribution is 2.24. The Balaban J connectivity index is 1.60.